The fourth-order valence-electron chi connectivity index (χ4n) is 8.11. The first-order chi connectivity index (χ1) is 19.5. The third-order valence-electron chi connectivity index (χ3n) is 10.2. The molecule has 2 unspecified atom stereocenters. The normalized spacial score (nSPS) is 17.6. The van der Waals surface area contributed by atoms with Gasteiger partial charge in [0.05, 0.1) is 0 Å². The molecule has 0 heterocycles. The van der Waals surface area contributed by atoms with E-state index in [1.807, 2.05) is 3.26 Å². The second-order valence-corrected chi connectivity index (χ2v) is 38.5. The summed E-state index contributed by atoms with van der Waals surface area (Å²) in [6.45, 7) is 4.76. The van der Waals surface area contributed by atoms with Crippen molar-refractivity contribution in [3.63, 3.8) is 0 Å². The Morgan fingerprint density at radius 2 is 0.975 bits per heavy atom. The predicted molar refractivity (Wildman–Crippen MR) is 174 cm³/mol. The van der Waals surface area contributed by atoms with Crippen LogP contribution >= 0.6 is 0 Å². The molecule has 0 nitrogen and oxygen atoms in total. The van der Waals surface area contributed by atoms with Crippen LogP contribution in [0.25, 0.3) is 34.4 Å². The van der Waals surface area contributed by atoms with Crippen molar-refractivity contribution in [1.82, 2.24) is 0 Å². The zero-order chi connectivity index (χ0) is 27.8. The molecular formula is C39H42Hf. The van der Waals surface area contributed by atoms with Gasteiger partial charge in [-0.05, 0) is 0 Å². The summed E-state index contributed by atoms with van der Waals surface area (Å²) in [5.41, 5.74) is 11.4. The summed E-state index contributed by atoms with van der Waals surface area (Å²) in [5.74, 6) is 0. The molecule has 1 heteroatoms. The summed E-state index contributed by atoms with van der Waals surface area (Å²) in [6, 6.07) is 36.1. The van der Waals surface area contributed by atoms with E-state index < -0.39 is 18.0 Å². The summed E-state index contributed by atoms with van der Waals surface area (Å²) < 4.78 is 8.56. The molecule has 4 aromatic carbocycles. The number of rotatable bonds is 8. The van der Waals surface area contributed by atoms with Crippen LogP contribution in [0.2, 0.25) is 9.36 Å². The van der Waals surface area contributed by atoms with Gasteiger partial charge in [0.2, 0.25) is 0 Å². The molecule has 2 aliphatic carbocycles. The molecule has 0 N–H and O–H groups in total. The Bertz CT molecular complexity index is 1540. The van der Waals surface area contributed by atoms with Gasteiger partial charge in [0.25, 0.3) is 0 Å². The second-order valence-electron chi connectivity index (χ2n) is 12.7. The molecule has 0 aromatic heterocycles. The molecular weight excluding hydrogens is 647 g/mol. The van der Waals surface area contributed by atoms with E-state index in [4.69, 9.17) is 0 Å². The molecule has 0 saturated heterocycles. The second kappa shape index (κ2) is 10.8. The van der Waals surface area contributed by atoms with Gasteiger partial charge < -0.3 is 0 Å². The van der Waals surface area contributed by atoms with Gasteiger partial charge in [-0.15, -0.1) is 0 Å². The van der Waals surface area contributed by atoms with E-state index in [1.54, 1.807) is 11.1 Å². The van der Waals surface area contributed by atoms with Gasteiger partial charge in [-0.25, -0.2) is 0 Å². The van der Waals surface area contributed by atoms with Crippen molar-refractivity contribution in [2.24, 2.45) is 0 Å². The molecule has 4 aromatic rings. The van der Waals surface area contributed by atoms with Crippen LogP contribution < -0.4 is 0 Å². The Morgan fingerprint density at radius 3 is 1.38 bits per heavy atom. The van der Waals surface area contributed by atoms with Crippen LogP contribution in [0.15, 0.2) is 109 Å². The van der Waals surface area contributed by atoms with Crippen LogP contribution in [-0.2, 0) is 18.0 Å². The Hall–Kier alpha value is -2.90. The maximum absolute atomic E-state index is 3.98. The Morgan fingerprint density at radius 1 is 0.550 bits per heavy atom. The minimum absolute atomic E-state index is 0.504. The molecule has 6 rings (SSSR count). The molecule has 0 spiro atoms. The van der Waals surface area contributed by atoms with Gasteiger partial charge >= 0.3 is 243 Å². The van der Waals surface area contributed by atoms with E-state index in [0.29, 0.717) is 7.35 Å². The first kappa shape index (κ1) is 27.3. The molecule has 0 fully saturated rings. The quantitative estimate of drug-likeness (QED) is 0.162. The average Bonchev–Trinajstić information content (AvgIpc) is 3.64. The Balaban J connectivity index is 1.58. The summed E-state index contributed by atoms with van der Waals surface area (Å²) in [4.78, 5) is 0. The third-order valence-corrected chi connectivity index (χ3v) is 37.3. The minimum atomic E-state index is -3.98. The van der Waals surface area contributed by atoms with E-state index in [1.165, 1.54) is 59.1 Å². The molecule has 0 amide bonds. The zero-order valence-electron chi connectivity index (χ0n) is 24.5. The van der Waals surface area contributed by atoms with Crippen LogP contribution in [0, 0.1) is 0 Å². The summed E-state index contributed by atoms with van der Waals surface area (Å²) in [6.07, 6.45) is 15.2. The number of benzene rings is 4. The van der Waals surface area contributed by atoms with Gasteiger partial charge in [0.1, 0.15) is 0 Å². The average molecular weight is 689 g/mol. The Kier molecular flexibility index (Phi) is 7.38. The van der Waals surface area contributed by atoms with Gasteiger partial charge in [-0.1, -0.05) is 0 Å². The molecule has 0 radical (unpaired) electrons. The number of hydrogen-bond donors (Lipinski definition) is 0. The van der Waals surface area contributed by atoms with Gasteiger partial charge in [0.15, 0.2) is 0 Å². The maximum atomic E-state index is 2.82. The molecule has 2 aliphatic rings. The fraction of sp³-hybridized carbons (Fsp3) is 0.256. The summed E-state index contributed by atoms with van der Waals surface area (Å²) >= 11 is -3.98. The first-order valence-corrected chi connectivity index (χ1v) is 28.4. The number of allylic oxidation sites excluding steroid dienone is 2. The predicted octanol–water partition coefficient (Wildman–Crippen LogP) is 11.4. The van der Waals surface area contributed by atoms with Crippen molar-refractivity contribution in [3.8, 4) is 22.3 Å². The Labute approximate surface area is 242 Å². The van der Waals surface area contributed by atoms with Crippen molar-refractivity contribution < 1.29 is 18.0 Å². The van der Waals surface area contributed by atoms with E-state index in [9.17, 15) is 0 Å². The van der Waals surface area contributed by atoms with Gasteiger partial charge in [0, 0.05) is 0 Å². The van der Waals surface area contributed by atoms with E-state index in [0.717, 1.165) is 0 Å². The van der Waals surface area contributed by atoms with Crippen molar-refractivity contribution >= 4 is 15.4 Å². The van der Waals surface area contributed by atoms with Crippen molar-refractivity contribution in [3.05, 3.63) is 131 Å². The van der Waals surface area contributed by atoms with Crippen LogP contribution in [0.4, 0.5) is 0 Å². The summed E-state index contributed by atoms with van der Waals surface area (Å²) in [7, 11) is 0. The van der Waals surface area contributed by atoms with Crippen LogP contribution in [0.5, 0.6) is 0 Å². The van der Waals surface area contributed by atoms with Gasteiger partial charge in [-0.2, -0.15) is 0 Å². The molecule has 40 heavy (non-hydrogen) atoms. The number of fused-ring (bicyclic) bond motifs is 2. The number of hydrogen-bond acceptors (Lipinski definition) is 0. The first-order valence-electron chi connectivity index (χ1n) is 15.2. The van der Waals surface area contributed by atoms with Crippen LogP contribution in [0.3, 0.4) is 0 Å². The van der Waals surface area contributed by atoms with Crippen LogP contribution in [-0.4, -0.2) is 3.26 Å². The standard InChI is InChI=1S/2C15H11.C7H14.2CH3.Hf/c2*1-2-6-12(7-3-1)14-10-4-8-13-9-5-11-15(13)14;1-3-5-7-6-4-2;;;/h2*1-11H;3-6H2,1-2H3;2*1H3;. The summed E-state index contributed by atoms with van der Waals surface area (Å²) in [5, 5.41) is 0. The monoisotopic (exact) mass is 690 g/mol. The molecule has 2 atom stereocenters. The molecule has 0 bridgehead atoms. The molecule has 202 valence electrons. The topological polar surface area (TPSA) is 0 Å². The third kappa shape index (κ3) is 4.33. The van der Waals surface area contributed by atoms with Crippen LogP contribution in [0.1, 0.15) is 69.1 Å². The molecule has 0 saturated carbocycles. The van der Waals surface area contributed by atoms with Gasteiger partial charge in [-0.3, -0.25) is 0 Å². The van der Waals surface area contributed by atoms with E-state index >= 15 is 0 Å². The molecule has 0 aliphatic heterocycles. The fourth-order valence-corrected chi connectivity index (χ4v) is 33.8. The SMILES string of the molecule is CCC[C](CCC)=[Hf]([CH3])([CH3])([CH]1C=Cc2c(-c3ccccc3)cccc21)[CH]1C=Cc2c(-c3ccccc3)cccc21. The zero-order valence-corrected chi connectivity index (χ0v) is 28.1. The van der Waals surface area contributed by atoms with E-state index in [2.05, 4.69) is 145 Å². The van der Waals surface area contributed by atoms with Crippen molar-refractivity contribution in [2.45, 2.75) is 56.2 Å². The van der Waals surface area contributed by atoms with Crippen molar-refractivity contribution in [2.75, 3.05) is 0 Å². The van der Waals surface area contributed by atoms with E-state index in [-0.39, 0.29) is 0 Å². The van der Waals surface area contributed by atoms with Crippen molar-refractivity contribution in [1.29, 1.82) is 0 Å².